The second-order valence-corrected chi connectivity index (χ2v) is 34.8. The van der Waals surface area contributed by atoms with Gasteiger partial charge in [0.2, 0.25) is 23.8 Å². The molecule has 2 heterocycles. The van der Waals surface area contributed by atoms with Crippen LogP contribution in [0, 0.1) is 27.7 Å². The molecule has 44 heteroatoms. The minimum absolute atomic E-state index is 0.0432. The number of ether oxygens (including phenoxy) is 1. The van der Waals surface area contributed by atoms with Gasteiger partial charge in [-0.1, -0.05) is 48.5 Å². The first-order valence-electron chi connectivity index (χ1n) is 40.0. The number of anilines is 6. The van der Waals surface area contributed by atoms with Crippen molar-refractivity contribution in [1.82, 2.24) is 29.9 Å². The zero-order chi connectivity index (χ0) is 93.8. The van der Waals surface area contributed by atoms with Gasteiger partial charge in [-0.3, -0.25) is 18.2 Å². The highest BCUT2D eigenvalue weighted by atomic mass is 32.2. The number of aliphatic hydroxyl groups excluding tert-OH is 1. The molecule has 2 aromatic heterocycles. The summed E-state index contributed by atoms with van der Waals surface area (Å²) in [6.45, 7) is 7.32. The Labute approximate surface area is 761 Å². The number of hydrogen-bond donors (Lipinski definition) is 9. The molecule has 0 fully saturated rings. The lowest BCUT2D eigenvalue weighted by Crippen LogP contribution is -2.15. The largest absolute Gasteiger partial charge is 0.496 e. The van der Waals surface area contributed by atoms with Crippen molar-refractivity contribution in [2.75, 3.05) is 41.5 Å². The number of nitrogens with zero attached hydrogens (tertiary/aromatic N) is 22. The van der Waals surface area contributed by atoms with Gasteiger partial charge < -0.3 is 31.1 Å². The molecular weight excluding hydrogens is 1790 g/mol. The van der Waals surface area contributed by atoms with Crippen molar-refractivity contribution < 1.29 is 61.7 Å². The summed E-state index contributed by atoms with van der Waals surface area (Å²) in [5.74, 6) is 1.56. The normalized spacial score (nSPS) is 12.3. The SMILES string of the molecule is COc1cc(N=Nc2ccc(N=Nc3ccccc3)cc2S(=O)(=O)O)c(C)cc1Cc1nc(Cc2ccc(N=Nc3ccc(N=Nc4ccc(S(=O)(=O)O)cc4)cc3)c(C)c2)nc(NCCCNc2nc(Nc3ccc(N=Nc4ccc(N=Nc5ccccc5)cc4S(=O)(=O)O)c(C)c3)nc(Nc3cc(C)c(N=Nc4ccc(N=Nc5ccc(S(=O)(=O)O)cc5)cc4)cc3CO)n2)n1. The summed E-state index contributed by atoms with van der Waals surface area (Å²) in [6, 6.07) is 67.0. The summed E-state index contributed by atoms with van der Waals surface area (Å²) < 4.78 is 142. The van der Waals surface area contributed by atoms with Crippen LogP contribution in [-0.4, -0.2) is 107 Å². The number of rotatable bonds is 36. The van der Waals surface area contributed by atoms with E-state index in [9.17, 15) is 57.0 Å². The Morgan fingerprint density at radius 1 is 0.308 bits per heavy atom. The molecule has 0 aliphatic carbocycles. The van der Waals surface area contributed by atoms with Crippen molar-refractivity contribution in [3.8, 4) is 5.75 Å². The van der Waals surface area contributed by atoms with Crippen LogP contribution in [0.3, 0.4) is 0 Å². The predicted molar refractivity (Wildman–Crippen MR) is 495 cm³/mol. The maximum Gasteiger partial charge on any atom is 0.296 e. The molecule has 0 amide bonds. The monoisotopic (exact) mass is 1860 g/mol. The molecule has 0 spiro atoms. The maximum absolute atomic E-state index is 12.7. The number of aliphatic hydroxyl groups is 1. The van der Waals surface area contributed by atoms with Gasteiger partial charge in [0.05, 0.1) is 103 Å². The molecule has 672 valence electrons. The average Bonchev–Trinajstić information content (AvgIpc) is 0.692. The molecule has 0 aliphatic rings. The van der Waals surface area contributed by atoms with Gasteiger partial charge in [0.1, 0.15) is 38.6 Å². The third kappa shape index (κ3) is 26.2. The van der Waals surface area contributed by atoms with Crippen LogP contribution in [0.1, 0.15) is 57.0 Å². The lowest BCUT2D eigenvalue weighted by molar-refractivity contribution is 0.282. The third-order valence-electron chi connectivity index (χ3n) is 19.3. The Balaban J connectivity index is 0.709. The van der Waals surface area contributed by atoms with Gasteiger partial charge in [0.25, 0.3) is 40.5 Å². The fraction of sp³-hybridized carbons (Fsp3) is 0.124. The quantitative estimate of drug-likeness (QED) is 0.0100. The number of aromatic nitrogens is 6. The van der Waals surface area contributed by atoms with E-state index in [2.05, 4.69) is 103 Å². The van der Waals surface area contributed by atoms with Crippen molar-refractivity contribution in [3.63, 3.8) is 0 Å². The van der Waals surface area contributed by atoms with E-state index >= 15 is 0 Å². The van der Waals surface area contributed by atoms with Gasteiger partial charge in [-0.15, -0.1) is 10.2 Å². The minimum atomic E-state index is -4.83. The van der Waals surface area contributed by atoms with Crippen LogP contribution < -0.4 is 26.0 Å². The van der Waals surface area contributed by atoms with E-state index in [0.717, 1.165) is 23.3 Å². The number of hydrogen-bond acceptors (Lipinski definition) is 36. The lowest BCUT2D eigenvalue weighted by Gasteiger charge is -2.15. The van der Waals surface area contributed by atoms with Gasteiger partial charge in [0.15, 0.2) is 0 Å². The summed E-state index contributed by atoms with van der Waals surface area (Å²) in [6.07, 6.45) is 0.764. The van der Waals surface area contributed by atoms with Crippen molar-refractivity contribution in [3.05, 3.63) is 305 Å². The summed E-state index contributed by atoms with van der Waals surface area (Å²) in [4.78, 5) is 27.4. The fourth-order valence-corrected chi connectivity index (χ4v) is 14.8. The number of nitrogens with one attached hydrogen (secondary N) is 4. The zero-order valence-electron chi connectivity index (χ0n) is 70.9. The second kappa shape index (κ2) is 42.1. The summed E-state index contributed by atoms with van der Waals surface area (Å²) in [7, 11) is -16.9. The Bertz CT molecular complexity index is 7420. The number of azo groups is 8. The van der Waals surface area contributed by atoms with E-state index in [1.54, 1.807) is 154 Å². The minimum Gasteiger partial charge on any atom is -0.496 e. The van der Waals surface area contributed by atoms with E-state index in [1.807, 2.05) is 43.3 Å². The van der Waals surface area contributed by atoms with Crippen LogP contribution in [0.15, 0.2) is 356 Å². The van der Waals surface area contributed by atoms with E-state index in [1.165, 1.54) is 79.9 Å². The molecular formula is C89H78N26O14S4. The van der Waals surface area contributed by atoms with Crippen LogP contribution in [0.4, 0.5) is 126 Å². The Morgan fingerprint density at radius 3 is 1.13 bits per heavy atom. The highest BCUT2D eigenvalue weighted by molar-refractivity contribution is 7.86. The fourth-order valence-electron chi connectivity index (χ4n) is 12.6. The van der Waals surface area contributed by atoms with Crippen LogP contribution in [0.25, 0.3) is 0 Å². The van der Waals surface area contributed by atoms with Gasteiger partial charge in [-0.05, 0) is 262 Å². The Morgan fingerprint density at radius 2 is 0.669 bits per heavy atom. The maximum atomic E-state index is 12.7. The summed E-state index contributed by atoms with van der Waals surface area (Å²) in [5, 5.41) is 92.4. The molecule has 0 bridgehead atoms. The van der Waals surface area contributed by atoms with Crippen LogP contribution in [0.2, 0.25) is 0 Å². The second-order valence-electron chi connectivity index (χ2n) is 29.1. The molecule has 133 heavy (non-hydrogen) atoms. The highest BCUT2D eigenvalue weighted by Crippen LogP contribution is 2.39. The summed E-state index contributed by atoms with van der Waals surface area (Å²) in [5.41, 5.74) is 10.7. The van der Waals surface area contributed by atoms with Crippen LogP contribution in [0.5, 0.6) is 5.75 Å². The van der Waals surface area contributed by atoms with E-state index in [4.69, 9.17) is 34.6 Å². The van der Waals surface area contributed by atoms with E-state index in [-0.39, 0.29) is 82.3 Å². The molecule has 14 aromatic rings. The molecule has 0 unspecified atom stereocenters. The topological polar surface area (TPSA) is 570 Å². The lowest BCUT2D eigenvalue weighted by atomic mass is 10.0. The number of benzene rings is 12. The first kappa shape index (κ1) is 93.2. The molecule has 0 saturated heterocycles. The number of aryl methyl sites for hydroxylation is 4. The van der Waals surface area contributed by atoms with Crippen molar-refractivity contribution in [2.45, 2.75) is 73.1 Å². The standard InChI is InChI=1S/C89H78N26O14S4/c1-54-43-58(17-37-74(54)110-106-65-22-18-63(19-23-65)102-104-67-26-33-72(34-27-67)130(117,118)119)47-84-94-85(49-59-44-55(2)79(52-81(59)129-5)115-113-77-40-32-71(51-83(77)133(126,127)128)109-101-62-15-10-7-11-16-62)96-86(95-84)90-41-12-42-91-87-97-88(92-69-30-38-75(56(3)45-69)111-112-76-39-31-70(50-82(76)132(123,124)125)108-100-61-13-8-6-9-14-61)99-89(98-87)93-80-46-57(4)78(48-60(80)53-116)114-107-66-24-20-64(21-25-66)103-105-68-28-35-73(36-29-68)131(120,121)122/h6-11,13-40,43-46,48,50-52,116H,12,41-42,47,49,53H2,1-5H3,(H,117,118,119)(H,120,121,122)(H,123,124,125)(H,126,127,128)(H,90,94,95,96)(H3,91,92,93,97,98,99). The predicted octanol–water partition coefficient (Wildman–Crippen LogP) is 23.7. The molecule has 14 rings (SSSR count). The van der Waals surface area contributed by atoms with Gasteiger partial charge in [-0.25, -0.2) is 4.98 Å². The third-order valence-corrected chi connectivity index (χ3v) is 22.8. The van der Waals surface area contributed by atoms with Crippen molar-refractivity contribution in [2.24, 2.45) is 81.8 Å². The average molecular weight is 1860 g/mol. The van der Waals surface area contributed by atoms with E-state index < -0.39 is 56.9 Å². The smallest absolute Gasteiger partial charge is 0.296 e. The molecule has 40 nitrogen and oxygen atoms in total. The molecule has 12 aromatic carbocycles. The Kier molecular flexibility index (Phi) is 29.5. The van der Waals surface area contributed by atoms with Crippen LogP contribution in [-0.2, 0) is 59.9 Å². The van der Waals surface area contributed by atoms with Crippen molar-refractivity contribution in [1.29, 1.82) is 0 Å². The molecule has 9 N–H and O–H groups in total. The van der Waals surface area contributed by atoms with Gasteiger partial charge >= 0.3 is 0 Å². The highest BCUT2D eigenvalue weighted by Gasteiger charge is 2.23. The number of methoxy groups -OCH3 is 1. The van der Waals surface area contributed by atoms with Gasteiger partial charge in [-0.2, -0.15) is 130 Å². The first-order valence-corrected chi connectivity index (χ1v) is 45.8. The Hall–Kier alpha value is -15.9. The van der Waals surface area contributed by atoms with Gasteiger partial charge in [0, 0.05) is 54.5 Å². The van der Waals surface area contributed by atoms with Crippen LogP contribution >= 0.6 is 0 Å². The summed E-state index contributed by atoms with van der Waals surface area (Å²) >= 11 is 0. The molecule has 0 saturated carbocycles. The first-order chi connectivity index (χ1) is 63.8. The molecule has 0 radical (unpaired) electrons. The molecule has 0 atom stereocenters. The molecule has 0 aliphatic heterocycles. The van der Waals surface area contributed by atoms with E-state index in [0.29, 0.717) is 131 Å². The zero-order valence-corrected chi connectivity index (χ0v) is 74.1. The van der Waals surface area contributed by atoms with Crippen molar-refractivity contribution >= 4 is 167 Å².